The van der Waals surface area contributed by atoms with Crippen molar-refractivity contribution in [1.29, 1.82) is 0 Å². The highest BCUT2D eigenvalue weighted by Crippen LogP contribution is 2.28. The zero-order valence-electron chi connectivity index (χ0n) is 9.68. The molecule has 3 nitrogen and oxygen atoms in total. The zero-order valence-corrected chi connectivity index (χ0v) is 12.9. The number of hydrogen-bond acceptors (Lipinski definition) is 4. The molecule has 0 aliphatic heterocycles. The van der Waals surface area contributed by atoms with Gasteiger partial charge in [0.05, 0.1) is 10.6 Å². The standard InChI is InChI=1S/C12H12BrNO2S2/c1-8-6-9(14)2-3-12(8)18(15,16)7-11-10(13)4-5-17-11/h2-6H,7,14H2,1H3. The summed E-state index contributed by atoms with van der Waals surface area (Å²) in [5.41, 5.74) is 6.89. The number of anilines is 1. The van der Waals surface area contributed by atoms with Crippen molar-refractivity contribution in [3.63, 3.8) is 0 Å². The minimum absolute atomic E-state index is 0.00993. The van der Waals surface area contributed by atoms with E-state index in [0.29, 0.717) is 16.1 Å². The Kier molecular flexibility index (Phi) is 3.79. The first-order chi connectivity index (χ1) is 8.40. The predicted octanol–water partition coefficient (Wildman–Crippen LogP) is 3.38. The molecule has 1 heterocycles. The van der Waals surface area contributed by atoms with Gasteiger partial charge in [0.1, 0.15) is 0 Å². The molecule has 0 amide bonds. The summed E-state index contributed by atoms with van der Waals surface area (Å²) in [6.45, 7) is 1.76. The maximum atomic E-state index is 12.3. The molecule has 0 aliphatic carbocycles. The van der Waals surface area contributed by atoms with Gasteiger partial charge < -0.3 is 5.73 Å². The molecule has 1 aromatic carbocycles. The number of hydrogen-bond donors (Lipinski definition) is 1. The van der Waals surface area contributed by atoms with E-state index in [1.54, 1.807) is 25.1 Å². The van der Waals surface area contributed by atoms with Crippen molar-refractivity contribution in [3.05, 3.63) is 44.6 Å². The summed E-state index contributed by atoms with van der Waals surface area (Å²) in [6.07, 6.45) is 0. The van der Waals surface area contributed by atoms with Gasteiger partial charge in [-0.15, -0.1) is 11.3 Å². The third-order valence-electron chi connectivity index (χ3n) is 2.55. The van der Waals surface area contributed by atoms with Crippen molar-refractivity contribution in [1.82, 2.24) is 0 Å². The van der Waals surface area contributed by atoms with E-state index in [4.69, 9.17) is 5.73 Å². The Morgan fingerprint density at radius 1 is 1.33 bits per heavy atom. The van der Waals surface area contributed by atoms with Gasteiger partial charge in [-0.2, -0.15) is 0 Å². The molecule has 0 bridgehead atoms. The fourth-order valence-corrected chi connectivity index (χ4v) is 5.38. The summed E-state index contributed by atoms with van der Waals surface area (Å²) in [7, 11) is -3.33. The fraction of sp³-hybridized carbons (Fsp3) is 0.167. The topological polar surface area (TPSA) is 60.2 Å². The SMILES string of the molecule is Cc1cc(N)ccc1S(=O)(=O)Cc1sccc1Br. The lowest BCUT2D eigenvalue weighted by molar-refractivity contribution is 0.595. The smallest absolute Gasteiger partial charge is 0.183 e. The summed E-state index contributed by atoms with van der Waals surface area (Å²) in [4.78, 5) is 1.16. The van der Waals surface area contributed by atoms with Crippen LogP contribution in [-0.2, 0) is 15.6 Å². The predicted molar refractivity (Wildman–Crippen MR) is 78.5 cm³/mol. The molecule has 18 heavy (non-hydrogen) atoms. The Morgan fingerprint density at radius 2 is 2.06 bits per heavy atom. The van der Waals surface area contributed by atoms with Crippen molar-refractivity contribution in [3.8, 4) is 0 Å². The van der Waals surface area contributed by atoms with E-state index in [0.717, 1.165) is 9.35 Å². The zero-order chi connectivity index (χ0) is 13.3. The molecule has 0 fully saturated rings. The molecule has 0 aliphatic rings. The molecule has 96 valence electrons. The van der Waals surface area contributed by atoms with Gasteiger partial charge in [-0.25, -0.2) is 8.42 Å². The van der Waals surface area contributed by atoms with Gasteiger partial charge in [0.15, 0.2) is 9.84 Å². The van der Waals surface area contributed by atoms with Crippen LogP contribution in [0.4, 0.5) is 5.69 Å². The van der Waals surface area contributed by atoms with Crippen LogP contribution in [0.15, 0.2) is 39.0 Å². The first kappa shape index (κ1) is 13.6. The second-order valence-electron chi connectivity index (χ2n) is 3.98. The number of thiophene rings is 1. The van der Waals surface area contributed by atoms with E-state index in [1.807, 2.05) is 11.4 Å². The number of nitrogen functional groups attached to an aromatic ring is 1. The molecule has 0 saturated heterocycles. The van der Waals surface area contributed by atoms with Crippen LogP contribution >= 0.6 is 27.3 Å². The molecule has 0 unspecified atom stereocenters. The molecule has 0 saturated carbocycles. The summed E-state index contributed by atoms with van der Waals surface area (Å²) in [5, 5.41) is 1.87. The van der Waals surface area contributed by atoms with Crippen LogP contribution in [0.2, 0.25) is 0 Å². The van der Waals surface area contributed by atoms with Crippen molar-refractivity contribution < 1.29 is 8.42 Å². The minimum Gasteiger partial charge on any atom is -0.399 e. The van der Waals surface area contributed by atoms with Crippen LogP contribution in [0.5, 0.6) is 0 Å². The normalized spacial score (nSPS) is 11.7. The quantitative estimate of drug-likeness (QED) is 0.867. The maximum absolute atomic E-state index is 12.3. The molecule has 0 spiro atoms. The first-order valence-electron chi connectivity index (χ1n) is 5.21. The van der Waals surface area contributed by atoms with Gasteiger partial charge in [-0.3, -0.25) is 0 Å². The van der Waals surface area contributed by atoms with Crippen molar-refractivity contribution in [2.75, 3.05) is 5.73 Å². The van der Waals surface area contributed by atoms with E-state index in [-0.39, 0.29) is 5.75 Å². The highest BCUT2D eigenvalue weighted by molar-refractivity contribution is 9.10. The average molecular weight is 346 g/mol. The lowest BCUT2D eigenvalue weighted by atomic mass is 10.2. The summed E-state index contributed by atoms with van der Waals surface area (Å²) < 4.78 is 25.5. The molecule has 2 rings (SSSR count). The largest absolute Gasteiger partial charge is 0.399 e. The number of benzene rings is 1. The Bertz CT molecular complexity index is 677. The van der Waals surface area contributed by atoms with Gasteiger partial charge in [-0.05, 0) is 58.1 Å². The average Bonchev–Trinajstić information content (AvgIpc) is 2.63. The van der Waals surface area contributed by atoms with Gasteiger partial charge in [0.2, 0.25) is 0 Å². The first-order valence-corrected chi connectivity index (χ1v) is 8.53. The van der Waals surface area contributed by atoms with Crippen molar-refractivity contribution in [2.24, 2.45) is 0 Å². The lowest BCUT2D eigenvalue weighted by Crippen LogP contribution is -2.06. The van der Waals surface area contributed by atoms with E-state index in [9.17, 15) is 8.42 Å². The molecule has 0 atom stereocenters. The molecular weight excluding hydrogens is 334 g/mol. The Hall–Kier alpha value is -0.850. The van der Waals surface area contributed by atoms with Gasteiger partial charge in [0.25, 0.3) is 0 Å². The van der Waals surface area contributed by atoms with Gasteiger partial charge in [0, 0.05) is 15.0 Å². The van der Waals surface area contributed by atoms with Gasteiger partial charge in [-0.1, -0.05) is 0 Å². The van der Waals surface area contributed by atoms with Crippen LogP contribution < -0.4 is 5.73 Å². The highest BCUT2D eigenvalue weighted by Gasteiger charge is 2.19. The fourth-order valence-electron chi connectivity index (χ4n) is 1.70. The molecule has 6 heteroatoms. The summed E-state index contributed by atoms with van der Waals surface area (Å²) >= 11 is 4.78. The molecule has 2 aromatic rings. The van der Waals surface area contributed by atoms with Crippen LogP contribution in [0.3, 0.4) is 0 Å². The van der Waals surface area contributed by atoms with Crippen LogP contribution in [-0.4, -0.2) is 8.42 Å². The second-order valence-corrected chi connectivity index (χ2v) is 7.79. The van der Waals surface area contributed by atoms with Crippen LogP contribution in [0.1, 0.15) is 10.4 Å². The third kappa shape index (κ3) is 2.76. The number of halogens is 1. The van der Waals surface area contributed by atoms with Crippen molar-refractivity contribution in [2.45, 2.75) is 17.6 Å². The van der Waals surface area contributed by atoms with Crippen LogP contribution in [0.25, 0.3) is 0 Å². The monoisotopic (exact) mass is 345 g/mol. The number of rotatable bonds is 3. The summed E-state index contributed by atoms with van der Waals surface area (Å²) in [5.74, 6) is 0.00993. The molecule has 1 aromatic heterocycles. The Balaban J connectivity index is 2.40. The van der Waals surface area contributed by atoms with E-state index >= 15 is 0 Å². The number of aryl methyl sites for hydroxylation is 1. The van der Waals surface area contributed by atoms with E-state index < -0.39 is 9.84 Å². The lowest BCUT2D eigenvalue weighted by Gasteiger charge is -2.07. The van der Waals surface area contributed by atoms with Crippen molar-refractivity contribution >= 4 is 42.8 Å². The Labute approximate surface area is 119 Å². The second kappa shape index (κ2) is 5.03. The summed E-state index contributed by atoms with van der Waals surface area (Å²) in [6, 6.07) is 6.71. The molecule has 2 N–H and O–H groups in total. The van der Waals surface area contributed by atoms with E-state index in [1.165, 1.54) is 11.3 Å². The third-order valence-corrected chi connectivity index (χ3v) is 6.45. The van der Waals surface area contributed by atoms with Gasteiger partial charge >= 0.3 is 0 Å². The number of sulfone groups is 1. The molecular formula is C12H12BrNO2S2. The number of nitrogens with two attached hydrogens (primary N) is 1. The molecule has 0 radical (unpaired) electrons. The van der Waals surface area contributed by atoms with E-state index in [2.05, 4.69) is 15.9 Å². The van der Waals surface area contributed by atoms with Crippen LogP contribution in [0, 0.1) is 6.92 Å². The minimum atomic E-state index is -3.33. The maximum Gasteiger partial charge on any atom is 0.183 e. The Morgan fingerprint density at radius 3 is 2.61 bits per heavy atom. The highest BCUT2D eigenvalue weighted by atomic mass is 79.9.